The van der Waals surface area contributed by atoms with Crippen molar-refractivity contribution in [1.82, 2.24) is 4.90 Å². The van der Waals surface area contributed by atoms with E-state index in [4.69, 9.17) is 14.6 Å². The maximum atomic E-state index is 9.02. The topological polar surface area (TPSA) is 41.9 Å². The van der Waals surface area contributed by atoms with Crippen molar-refractivity contribution < 1.29 is 14.6 Å². The van der Waals surface area contributed by atoms with Gasteiger partial charge in [-0.15, -0.1) is 0 Å². The first-order valence-corrected chi connectivity index (χ1v) is 7.27. The van der Waals surface area contributed by atoms with Crippen LogP contribution in [0, 0.1) is 0 Å². The summed E-state index contributed by atoms with van der Waals surface area (Å²) in [5.41, 5.74) is 1.13. The lowest BCUT2D eigenvalue weighted by atomic mass is 10.2. The molecule has 0 fully saturated rings. The van der Waals surface area contributed by atoms with Crippen molar-refractivity contribution in [2.45, 2.75) is 20.4 Å². The monoisotopic (exact) mass is 331 g/mol. The van der Waals surface area contributed by atoms with E-state index < -0.39 is 0 Å². The Morgan fingerprint density at radius 3 is 2.58 bits per heavy atom. The first-order valence-electron chi connectivity index (χ1n) is 6.48. The second-order valence-electron chi connectivity index (χ2n) is 4.13. The molecule has 108 valence electrons. The molecule has 0 saturated carbocycles. The first kappa shape index (κ1) is 16.3. The molecule has 0 atom stereocenters. The third-order valence-electron chi connectivity index (χ3n) is 2.85. The van der Waals surface area contributed by atoms with E-state index in [9.17, 15) is 0 Å². The van der Waals surface area contributed by atoms with Crippen LogP contribution in [0.1, 0.15) is 19.4 Å². The lowest BCUT2D eigenvalue weighted by Gasteiger charge is -2.20. The van der Waals surface area contributed by atoms with Crippen LogP contribution in [0.3, 0.4) is 0 Å². The van der Waals surface area contributed by atoms with Crippen molar-refractivity contribution >= 4 is 15.9 Å². The van der Waals surface area contributed by atoms with Gasteiger partial charge >= 0.3 is 0 Å². The third-order valence-corrected chi connectivity index (χ3v) is 3.44. The van der Waals surface area contributed by atoms with Crippen LogP contribution in [0.2, 0.25) is 0 Å². The average Bonchev–Trinajstić information content (AvgIpc) is 2.41. The lowest BCUT2D eigenvalue weighted by Crippen LogP contribution is -2.26. The molecule has 0 aliphatic heterocycles. The highest BCUT2D eigenvalue weighted by atomic mass is 79.9. The summed E-state index contributed by atoms with van der Waals surface area (Å²) in [4.78, 5) is 2.17. The fourth-order valence-corrected chi connectivity index (χ4v) is 2.50. The highest BCUT2D eigenvalue weighted by Gasteiger charge is 2.12. The maximum Gasteiger partial charge on any atom is 0.175 e. The molecule has 0 aliphatic rings. The molecular formula is C14H22BrNO3. The number of likely N-dealkylation sites (N-methyl/N-ethyl adjacent to an activating group) is 1. The van der Waals surface area contributed by atoms with Crippen LogP contribution in [0.25, 0.3) is 0 Å². The van der Waals surface area contributed by atoms with Gasteiger partial charge in [0.15, 0.2) is 11.5 Å². The van der Waals surface area contributed by atoms with Crippen LogP contribution in [0.5, 0.6) is 11.5 Å². The minimum atomic E-state index is 0.170. The molecule has 4 nitrogen and oxygen atoms in total. The minimum absolute atomic E-state index is 0.170. The molecule has 0 spiro atoms. The van der Waals surface area contributed by atoms with E-state index in [1.54, 1.807) is 7.11 Å². The number of nitrogens with zero attached hydrogens (tertiary/aromatic N) is 1. The molecule has 19 heavy (non-hydrogen) atoms. The standard InChI is InChI=1S/C14H22BrNO3/c1-4-16(6-7-17)10-11-8-12(15)14(19-5-2)13(9-11)18-3/h8-9,17H,4-7,10H2,1-3H3. The molecule has 0 aliphatic carbocycles. The van der Waals surface area contributed by atoms with E-state index in [1.807, 2.05) is 19.1 Å². The Morgan fingerprint density at radius 2 is 2.05 bits per heavy atom. The van der Waals surface area contributed by atoms with Crippen LogP contribution in [-0.2, 0) is 6.54 Å². The summed E-state index contributed by atoms with van der Waals surface area (Å²) in [5.74, 6) is 1.46. The predicted octanol–water partition coefficient (Wildman–Crippen LogP) is 2.67. The number of hydrogen-bond acceptors (Lipinski definition) is 4. The summed E-state index contributed by atoms with van der Waals surface area (Å²) >= 11 is 3.52. The Labute approximate surface area is 123 Å². The second kappa shape index (κ2) is 8.40. The van der Waals surface area contributed by atoms with Crippen molar-refractivity contribution in [3.63, 3.8) is 0 Å². The first-order chi connectivity index (χ1) is 9.15. The van der Waals surface area contributed by atoms with Gasteiger partial charge in [-0.1, -0.05) is 6.92 Å². The summed E-state index contributed by atoms with van der Waals surface area (Å²) in [6, 6.07) is 4.02. The minimum Gasteiger partial charge on any atom is -0.493 e. The average molecular weight is 332 g/mol. The summed E-state index contributed by atoms with van der Waals surface area (Å²) in [7, 11) is 1.64. The van der Waals surface area contributed by atoms with Gasteiger partial charge in [0.25, 0.3) is 0 Å². The summed E-state index contributed by atoms with van der Waals surface area (Å²) in [5, 5.41) is 9.02. The Hall–Kier alpha value is -0.780. The molecular weight excluding hydrogens is 310 g/mol. The van der Waals surface area contributed by atoms with Crippen LogP contribution in [-0.4, -0.2) is 43.4 Å². The van der Waals surface area contributed by atoms with E-state index in [0.717, 1.165) is 34.6 Å². The van der Waals surface area contributed by atoms with E-state index in [-0.39, 0.29) is 6.61 Å². The molecule has 1 rings (SSSR count). The van der Waals surface area contributed by atoms with Gasteiger partial charge in [0.2, 0.25) is 0 Å². The normalized spacial score (nSPS) is 10.8. The van der Waals surface area contributed by atoms with Gasteiger partial charge in [0.05, 0.1) is 24.8 Å². The molecule has 0 bridgehead atoms. The van der Waals surface area contributed by atoms with Crippen molar-refractivity contribution in [1.29, 1.82) is 0 Å². The fourth-order valence-electron chi connectivity index (χ4n) is 1.90. The number of halogens is 1. The van der Waals surface area contributed by atoms with Gasteiger partial charge in [0.1, 0.15) is 0 Å². The third kappa shape index (κ3) is 4.67. The van der Waals surface area contributed by atoms with Gasteiger partial charge in [-0.05, 0) is 47.1 Å². The summed E-state index contributed by atoms with van der Waals surface area (Å²) < 4.78 is 11.8. The van der Waals surface area contributed by atoms with Crippen molar-refractivity contribution in [2.75, 3.05) is 33.4 Å². The highest BCUT2D eigenvalue weighted by Crippen LogP contribution is 2.36. The van der Waals surface area contributed by atoms with E-state index in [2.05, 4.69) is 27.8 Å². The van der Waals surface area contributed by atoms with Gasteiger partial charge in [0, 0.05) is 13.1 Å². The number of aliphatic hydroxyl groups is 1. The summed E-state index contributed by atoms with van der Waals surface area (Å²) in [6.45, 7) is 7.13. The molecule has 0 aromatic heterocycles. The lowest BCUT2D eigenvalue weighted by molar-refractivity contribution is 0.196. The van der Waals surface area contributed by atoms with Crippen LogP contribution >= 0.6 is 15.9 Å². The number of hydrogen-bond donors (Lipinski definition) is 1. The molecule has 1 N–H and O–H groups in total. The van der Waals surface area contributed by atoms with E-state index in [0.29, 0.717) is 13.2 Å². The molecule has 0 heterocycles. The zero-order chi connectivity index (χ0) is 14.3. The van der Waals surface area contributed by atoms with Crippen molar-refractivity contribution in [3.05, 3.63) is 22.2 Å². The Bertz CT molecular complexity index is 399. The Morgan fingerprint density at radius 1 is 1.32 bits per heavy atom. The fraction of sp³-hybridized carbons (Fsp3) is 0.571. The van der Waals surface area contributed by atoms with Crippen LogP contribution in [0.4, 0.5) is 0 Å². The molecule has 0 unspecified atom stereocenters. The molecule has 0 saturated heterocycles. The smallest absolute Gasteiger partial charge is 0.175 e. The number of aliphatic hydroxyl groups excluding tert-OH is 1. The number of methoxy groups -OCH3 is 1. The molecule has 0 radical (unpaired) electrons. The van der Waals surface area contributed by atoms with Gasteiger partial charge in [-0.2, -0.15) is 0 Å². The van der Waals surface area contributed by atoms with E-state index >= 15 is 0 Å². The predicted molar refractivity (Wildman–Crippen MR) is 79.9 cm³/mol. The number of rotatable bonds is 8. The SMILES string of the molecule is CCOc1c(Br)cc(CN(CC)CCO)cc1OC. The molecule has 1 aromatic carbocycles. The van der Waals surface area contributed by atoms with Crippen molar-refractivity contribution in [3.8, 4) is 11.5 Å². The number of benzene rings is 1. The van der Waals surface area contributed by atoms with Gasteiger partial charge in [-0.3, -0.25) is 4.90 Å². The maximum absolute atomic E-state index is 9.02. The highest BCUT2D eigenvalue weighted by molar-refractivity contribution is 9.10. The second-order valence-corrected chi connectivity index (χ2v) is 4.99. The molecule has 0 amide bonds. The summed E-state index contributed by atoms with van der Waals surface area (Å²) in [6.07, 6.45) is 0. The zero-order valence-electron chi connectivity index (χ0n) is 11.8. The Kier molecular flexibility index (Phi) is 7.20. The van der Waals surface area contributed by atoms with Crippen LogP contribution < -0.4 is 9.47 Å². The number of ether oxygens (including phenoxy) is 2. The zero-order valence-corrected chi connectivity index (χ0v) is 13.4. The van der Waals surface area contributed by atoms with Gasteiger partial charge < -0.3 is 14.6 Å². The molecule has 5 heteroatoms. The molecule has 1 aromatic rings. The van der Waals surface area contributed by atoms with Gasteiger partial charge in [-0.25, -0.2) is 0 Å². The van der Waals surface area contributed by atoms with E-state index in [1.165, 1.54) is 0 Å². The van der Waals surface area contributed by atoms with Crippen molar-refractivity contribution in [2.24, 2.45) is 0 Å². The quantitative estimate of drug-likeness (QED) is 0.795. The van der Waals surface area contributed by atoms with Crippen LogP contribution in [0.15, 0.2) is 16.6 Å². The Balaban J connectivity index is 2.94. The largest absolute Gasteiger partial charge is 0.493 e.